The first-order valence-electron chi connectivity index (χ1n) is 5.06. The molecule has 1 saturated heterocycles. The number of hydrogen-bond acceptors (Lipinski definition) is 3. The van der Waals surface area contributed by atoms with Crippen molar-refractivity contribution < 1.29 is 8.42 Å². The van der Waals surface area contributed by atoms with E-state index >= 15 is 0 Å². The molecule has 1 heterocycles. The maximum atomic E-state index is 11.9. The highest BCUT2D eigenvalue weighted by Gasteiger charge is 2.27. The molecule has 6 heteroatoms. The summed E-state index contributed by atoms with van der Waals surface area (Å²) in [6, 6.07) is 4.87. The summed E-state index contributed by atoms with van der Waals surface area (Å²) in [7, 11) is -3.20. The summed E-state index contributed by atoms with van der Waals surface area (Å²) in [5.41, 5.74) is 6.72. The van der Waals surface area contributed by atoms with Crippen molar-refractivity contribution >= 4 is 33.0 Å². The van der Waals surface area contributed by atoms with E-state index in [1.54, 1.807) is 18.2 Å². The Hall–Kier alpha value is -0.940. The fourth-order valence-electron chi connectivity index (χ4n) is 1.81. The van der Waals surface area contributed by atoms with Crippen LogP contribution in [0.2, 0.25) is 5.02 Å². The second kappa shape index (κ2) is 4.14. The zero-order valence-electron chi connectivity index (χ0n) is 8.69. The van der Waals surface area contributed by atoms with Crippen LogP contribution in [0, 0.1) is 0 Å². The van der Waals surface area contributed by atoms with Crippen LogP contribution in [0.3, 0.4) is 0 Å². The highest BCUT2D eigenvalue weighted by atomic mass is 35.5. The SMILES string of the molecule is Nc1cc(Cl)ccc1N1CCCCS1(=O)=O. The van der Waals surface area contributed by atoms with Gasteiger partial charge in [0.15, 0.2) is 0 Å². The predicted octanol–water partition coefficient (Wildman–Crippen LogP) is 1.85. The van der Waals surface area contributed by atoms with Gasteiger partial charge in [-0.25, -0.2) is 8.42 Å². The van der Waals surface area contributed by atoms with Crippen LogP contribution in [0.15, 0.2) is 18.2 Å². The highest BCUT2D eigenvalue weighted by Crippen LogP contribution is 2.30. The lowest BCUT2D eigenvalue weighted by molar-refractivity contribution is 0.574. The molecule has 0 aliphatic carbocycles. The van der Waals surface area contributed by atoms with Crippen molar-refractivity contribution in [3.8, 4) is 0 Å². The van der Waals surface area contributed by atoms with Gasteiger partial charge in [0.1, 0.15) is 0 Å². The molecule has 0 spiro atoms. The Morgan fingerprint density at radius 1 is 1.31 bits per heavy atom. The van der Waals surface area contributed by atoms with Crippen LogP contribution in [0.1, 0.15) is 12.8 Å². The molecule has 1 aliphatic heterocycles. The van der Waals surface area contributed by atoms with E-state index in [9.17, 15) is 8.42 Å². The smallest absolute Gasteiger partial charge is 0.235 e. The average molecular weight is 261 g/mol. The maximum Gasteiger partial charge on any atom is 0.235 e. The topological polar surface area (TPSA) is 63.4 Å². The van der Waals surface area contributed by atoms with Gasteiger partial charge in [0.05, 0.1) is 17.1 Å². The third kappa shape index (κ3) is 2.10. The Morgan fingerprint density at radius 3 is 2.69 bits per heavy atom. The van der Waals surface area contributed by atoms with Gasteiger partial charge < -0.3 is 5.73 Å². The average Bonchev–Trinajstić information content (AvgIpc) is 2.19. The minimum atomic E-state index is -3.20. The van der Waals surface area contributed by atoms with Crippen LogP contribution in [0.4, 0.5) is 11.4 Å². The van der Waals surface area contributed by atoms with Gasteiger partial charge in [-0.1, -0.05) is 11.6 Å². The zero-order chi connectivity index (χ0) is 11.8. The number of benzene rings is 1. The van der Waals surface area contributed by atoms with Gasteiger partial charge in [-0.15, -0.1) is 0 Å². The van der Waals surface area contributed by atoms with Gasteiger partial charge >= 0.3 is 0 Å². The zero-order valence-corrected chi connectivity index (χ0v) is 10.3. The van der Waals surface area contributed by atoms with Gasteiger partial charge in [0.25, 0.3) is 0 Å². The van der Waals surface area contributed by atoms with Gasteiger partial charge in [-0.2, -0.15) is 0 Å². The fourth-order valence-corrected chi connectivity index (χ4v) is 3.66. The van der Waals surface area contributed by atoms with E-state index in [1.807, 2.05) is 0 Å². The van der Waals surface area contributed by atoms with Crippen LogP contribution in [0.25, 0.3) is 0 Å². The maximum absolute atomic E-state index is 11.9. The number of nitrogen functional groups attached to an aromatic ring is 1. The molecule has 0 radical (unpaired) electrons. The predicted molar refractivity (Wildman–Crippen MR) is 66.2 cm³/mol. The molecule has 0 amide bonds. The normalized spacial score (nSPS) is 19.7. The summed E-state index contributed by atoms with van der Waals surface area (Å²) in [6.07, 6.45) is 1.58. The molecule has 1 aromatic carbocycles. The van der Waals surface area contributed by atoms with Gasteiger partial charge in [0.2, 0.25) is 10.0 Å². The number of nitrogens with zero attached hydrogens (tertiary/aromatic N) is 1. The van der Waals surface area contributed by atoms with Crippen molar-refractivity contribution in [2.24, 2.45) is 0 Å². The minimum absolute atomic E-state index is 0.190. The van der Waals surface area contributed by atoms with Crippen molar-refractivity contribution in [2.45, 2.75) is 12.8 Å². The summed E-state index contributed by atoms with van der Waals surface area (Å²) < 4.78 is 25.1. The molecule has 0 saturated carbocycles. The quantitative estimate of drug-likeness (QED) is 0.784. The Kier molecular flexibility index (Phi) is 2.99. The summed E-state index contributed by atoms with van der Waals surface area (Å²) >= 11 is 5.78. The molecule has 2 N–H and O–H groups in total. The Labute approximate surface area is 100 Å². The molecule has 0 bridgehead atoms. The van der Waals surface area contributed by atoms with E-state index in [4.69, 9.17) is 17.3 Å². The summed E-state index contributed by atoms with van der Waals surface area (Å²) in [6.45, 7) is 0.494. The fraction of sp³-hybridized carbons (Fsp3) is 0.400. The van der Waals surface area contributed by atoms with E-state index in [2.05, 4.69) is 0 Å². The molecular formula is C10H13ClN2O2S. The molecule has 0 aromatic heterocycles. The second-order valence-electron chi connectivity index (χ2n) is 3.80. The van der Waals surface area contributed by atoms with Gasteiger partial charge in [-0.05, 0) is 31.0 Å². The number of nitrogens with two attached hydrogens (primary N) is 1. The van der Waals surface area contributed by atoms with Crippen molar-refractivity contribution in [1.82, 2.24) is 0 Å². The lowest BCUT2D eigenvalue weighted by atomic mass is 10.2. The van der Waals surface area contributed by atoms with E-state index < -0.39 is 10.0 Å². The molecule has 1 aromatic rings. The van der Waals surface area contributed by atoms with E-state index in [0.29, 0.717) is 29.4 Å². The molecule has 1 fully saturated rings. The number of hydrogen-bond donors (Lipinski definition) is 1. The summed E-state index contributed by atoms with van der Waals surface area (Å²) in [5, 5.41) is 0.510. The first-order chi connectivity index (χ1) is 7.50. The van der Waals surface area contributed by atoms with Crippen LogP contribution < -0.4 is 10.0 Å². The summed E-state index contributed by atoms with van der Waals surface area (Å²) in [5.74, 6) is 0.190. The largest absolute Gasteiger partial charge is 0.397 e. The Morgan fingerprint density at radius 2 is 2.06 bits per heavy atom. The Bertz CT molecular complexity index is 502. The first-order valence-corrected chi connectivity index (χ1v) is 7.05. The van der Waals surface area contributed by atoms with Gasteiger partial charge in [-0.3, -0.25) is 4.31 Å². The lowest BCUT2D eigenvalue weighted by Gasteiger charge is -2.29. The third-order valence-corrected chi connectivity index (χ3v) is 4.70. The highest BCUT2D eigenvalue weighted by molar-refractivity contribution is 7.92. The molecule has 88 valence electrons. The van der Waals surface area contributed by atoms with E-state index in [-0.39, 0.29) is 5.75 Å². The second-order valence-corrected chi connectivity index (χ2v) is 6.25. The van der Waals surface area contributed by atoms with Crippen LogP contribution in [-0.2, 0) is 10.0 Å². The molecule has 1 aliphatic rings. The molecule has 0 unspecified atom stereocenters. The minimum Gasteiger partial charge on any atom is -0.397 e. The van der Waals surface area contributed by atoms with Crippen molar-refractivity contribution in [1.29, 1.82) is 0 Å². The van der Waals surface area contributed by atoms with Gasteiger partial charge in [0, 0.05) is 11.6 Å². The number of anilines is 2. The number of sulfonamides is 1. The third-order valence-electron chi connectivity index (χ3n) is 2.61. The van der Waals surface area contributed by atoms with E-state index in [0.717, 1.165) is 6.42 Å². The van der Waals surface area contributed by atoms with Crippen molar-refractivity contribution in [2.75, 3.05) is 22.3 Å². The molecule has 2 rings (SSSR count). The number of halogens is 1. The van der Waals surface area contributed by atoms with Crippen LogP contribution in [-0.4, -0.2) is 20.7 Å². The standard InChI is InChI=1S/C10H13ClN2O2S/c11-8-3-4-10(9(12)7-8)13-5-1-2-6-16(13,14)15/h3-4,7H,1-2,5-6,12H2. The molecular weight excluding hydrogens is 248 g/mol. The van der Waals surface area contributed by atoms with E-state index in [1.165, 1.54) is 4.31 Å². The monoisotopic (exact) mass is 260 g/mol. The molecule has 4 nitrogen and oxygen atoms in total. The summed E-state index contributed by atoms with van der Waals surface area (Å²) in [4.78, 5) is 0. The van der Waals surface area contributed by atoms with Crippen LogP contribution in [0.5, 0.6) is 0 Å². The van der Waals surface area contributed by atoms with Crippen molar-refractivity contribution in [3.63, 3.8) is 0 Å². The lowest BCUT2D eigenvalue weighted by Crippen LogP contribution is -2.38. The molecule has 0 atom stereocenters. The van der Waals surface area contributed by atoms with Crippen LogP contribution >= 0.6 is 11.6 Å². The van der Waals surface area contributed by atoms with Crippen molar-refractivity contribution in [3.05, 3.63) is 23.2 Å². The Balaban J connectivity index is 2.43. The number of rotatable bonds is 1. The first kappa shape index (κ1) is 11.5. The molecule has 16 heavy (non-hydrogen) atoms.